The van der Waals surface area contributed by atoms with Crippen LogP contribution in [0.1, 0.15) is 32.0 Å². The number of alkyl halides is 6. The molecule has 0 amide bonds. The summed E-state index contributed by atoms with van der Waals surface area (Å²) >= 11 is 2.32. The topological polar surface area (TPSA) is 137 Å². The Bertz CT molecular complexity index is 3880. The Labute approximate surface area is 381 Å². The highest BCUT2D eigenvalue weighted by Crippen LogP contribution is 2.62. The van der Waals surface area contributed by atoms with E-state index in [2.05, 4.69) is 24.0 Å². The van der Waals surface area contributed by atoms with Gasteiger partial charge in [-0.25, -0.2) is 26.8 Å². The number of allylic oxidation sites excluding steroid dienone is 2. The summed E-state index contributed by atoms with van der Waals surface area (Å²) < 4.78 is 84.9. The summed E-state index contributed by atoms with van der Waals surface area (Å²) in [6.45, 7) is 24.8. The van der Waals surface area contributed by atoms with Crippen LogP contribution in [0.4, 0.5) is 26.3 Å². The first kappa shape index (κ1) is 44.8. The maximum absolute atomic E-state index is 12.9. The van der Waals surface area contributed by atoms with Gasteiger partial charge in [0, 0.05) is 53.6 Å². The van der Waals surface area contributed by atoms with Crippen LogP contribution in [0.15, 0.2) is 93.8 Å². The van der Waals surface area contributed by atoms with Crippen molar-refractivity contribution in [1.82, 2.24) is 0 Å². The van der Waals surface area contributed by atoms with Gasteiger partial charge in [0.1, 0.15) is 17.6 Å². The largest absolute Gasteiger partial charge is 0.573 e. The van der Waals surface area contributed by atoms with Gasteiger partial charge in [0.15, 0.2) is 0 Å². The van der Waals surface area contributed by atoms with Crippen molar-refractivity contribution >= 4 is 75.5 Å². The third kappa shape index (κ3) is 7.63. The van der Waals surface area contributed by atoms with E-state index >= 15 is 0 Å². The standard InChI is InChI=1S/C26H9F3N4OS.C20H9F3O3S.C3H2N2/c1-12-4-6-14-16(8-12)20(18(10-30)32-2)24-22(14)23-15-7-5-13(34-26(27,28)29)9-17(15)21(25(23)35-24)19(11-31)33-3;1-8-2-4-10-12(6-8)16(24)18-14(10)15-11-5-3-9(26-20(21,22)23)7-13(11)17(25)19(15)27-18;1-5-3-2-4/h4-9H,1H3;2-7H,1H3;3H2/b20-18+,21-19-;;. The Hall–Kier alpha value is -8.78. The lowest BCUT2D eigenvalue weighted by atomic mass is 9.98. The third-order valence-corrected chi connectivity index (χ3v) is 13.1. The number of hydrogen-bond acceptors (Lipinski definition) is 9. The third-order valence-electron chi connectivity index (χ3n) is 10.6. The maximum Gasteiger partial charge on any atom is 0.573 e. The minimum atomic E-state index is -4.90. The molecule has 2 heterocycles. The SMILES string of the molecule is Cc1ccc2c(c1)c(=O)c1sc3c(=O)c4cc(OC(F)(F)F)ccc4c3c12.[C-]#[N+]/C(C#N)=C1/c2cc(OC(F)(F)F)ccc2-c2c1sc1c2-c2ccc(C)cc2/C1=C(/C#N)[N+]#[C-].[C-]#[N+]CC#N. The molecule has 0 bridgehead atoms. The molecular formula is C49H20F6N6O4S2. The van der Waals surface area contributed by atoms with Crippen molar-refractivity contribution in [2.75, 3.05) is 6.54 Å². The molecule has 67 heavy (non-hydrogen) atoms. The monoisotopic (exact) mass is 934 g/mol. The van der Waals surface area contributed by atoms with E-state index in [1.165, 1.54) is 41.7 Å². The van der Waals surface area contributed by atoms with E-state index in [1.807, 2.05) is 62.4 Å². The molecule has 18 heteroatoms. The summed E-state index contributed by atoms with van der Waals surface area (Å²) in [6.07, 6.45) is -9.73. The molecule has 10 nitrogen and oxygen atoms in total. The smallest absolute Gasteiger partial charge is 0.406 e. The van der Waals surface area contributed by atoms with E-state index < -0.39 is 24.2 Å². The van der Waals surface area contributed by atoms with E-state index in [0.29, 0.717) is 63.0 Å². The number of thiophene rings is 2. The van der Waals surface area contributed by atoms with Gasteiger partial charge in [-0.2, -0.15) is 5.26 Å². The molecule has 2 aliphatic carbocycles. The maximum atomic E-state index is 12.9. The number of nitriles is 3. The van der Waals surface area contributed by atoms with Gasteiger partial charge in [-0.1, -0.05) is 47.5 Å². The molecule has 8 aromatic rings. The lowest BCUT2D eigenvalue weighted by Gasteiger charge is -2.11. The number of nitrogens with zero attached hydrogens (tertiary/aromatic N) is 6. The van der Waals surface area contributed by atoms with Crippen LogP contribution >= 0.6 is 22.7 Å². The van der Waals surface area contributed by atoms with Crippen molar-refractivity contribution in [3.05, 3.63) is 171 Å². The zero-order valence-corrected chi connectivity index (χ0v) is 35.7. The first-order valence-corrected chi connectivity index (χ1v) is 20.7. The summed E-state index contributed by atoms with van der Waals surface area (Å²) in [5, 5.41) is 30.2. The number of benzene rings is 4. The predicted octanol–water partition coefficient (Wildman–Crippen LogP) is 12.9. The molecule has 0 atom stereocenters. The lowest BCUT2D eigenvalue weighted by molar-refractivity contribution is -0.275. The number of rotatable bonds is 2. The van der Waals surface area contributed by atoms with E-state index in [4.69, 9.17) is 25.0 Å². The highest BCUT2D eigenvalue weighted by molar-refractivity contribution is 7.26. The van der Waals surface area contributed by atoms with Crippen LogP contribution in [0.2, 0.25) is 0 Å². The fourth-order valence-electron chi connectivity index (χ4n) is 8.25. The summed E-state index contributed by atoms with van der Waals surface area (Å²) in [5.41, 5.74) is 5.47. The van der Waals surface area contributed by atoms with Gasteiger partial charge in [0.05, 0.1) is 34.7 Å². The fraction of sp³-hybridized carbons (Fsp3) is 0.102. The molecular weight excluding hydrogens is 915 g/mol. The molecule has 2 aromatic heterocycles. The molecule has 0 aliphatic heterocycles. The van der Waals surface area contributed by atoms with Crippen molar-refractivity contribution in [2.24, 2.45) is 0 Å². The van der Waals surface area contributed by atoms with Gasteiger partial charge in [-0.3, -0.25) is 9.59 Å². The Morgan fingerprint density at radius 3 is 1.52 bits per heavy atom. The summed E-state index contributed by atoms with van der Waals surface area (Å²) in [7, 11) is 0. The fourth-order valence-corrected chi connectivity index (χ4v) is 10.9. The highest BCUT2D eigenvalue weighted by atomic mass is 32.1. The normalized spacial score (nSPS) is 13.5. The quantitative estimate of drug-likeness (QED) is 0.0728. The molecule has 0 N–H and O–H groups in total. The Balaban J connectivity index is 0.000000169. The van der Waals surface area contributed by atoms with Gasteiger partial charge in [-0.05, 0) is 83.3 Å². The minimum Gasteiger partial charge on any atom is -0.406 e. The lowest BCUT2D eigenvalue weighted by Crippen LogP contribution is -2.17. The Morgan fingerprint density at radius 1 is 0.597 bits per heavy atom. The summed E-state index contributed by atoms with van der Waals surface area (Å²) in [5.74, 6) is -0.896. The molecule has 2 aliphatic rings. The average molecular weight is 935 g/mol. The van der Waals surface area contributed by atoms with Crippen LogP contribution in [0.5, 0.6) is 11.5 Å². The first-order chi connectivity index (χ1) is 31.9. The second-order valence-corrected chi connectivity index (χ2v) is 16.7. The van der Waals surface area contributed by atoms with Gasteiger partial charge >= 0.3 is 12.7 Å². The molecule has 324 valence electrons. The molecule has 10 rings (SSSR count). The second-order valence-electron chi connectivity index (χ2n) is 14.7. The van der Waals surface area contributed by atoms with Crippen LogP contribution in [0.3, 0.4) is 0 Å². The molecule has 0 radical (unpaired) electrons. The van der Waals surface area contributed by atoms with Crippen molar-refractivity contribution in [2.45, 2.75) is 26.6 Å². The van der Waals surface area contributed by atoms with Crippen molar-refractivity contribution < 1.29 is 35.8 Å². The van der Waals surface area contributed by atoms with Crippen LogP contribution in [0, 0.1) is 67.6 Å². The number of aryl methyl sites for hydroxylation is 2. The van der Waals surface area contributed by atoms with Crippen molar-refractivity contribution in [1.29, 1.82) is 15.8 Å². The van der Waals surface area contributed by atoms with Gasteiger partial charge < -0.3 is 14.3 Å². The average Bonchev–Trinajstić information content (AvgIpc) is 4.09. The minimum absolute atomic E-state index is 0.0139. The van der Waals surface area contributed by atoms with Gasteiger partial charge in [0.25, 0.3) is 17.9 Å². The first-order valence-electron chi connectivity index (χ1n) is 19.1. The van der Waals surface area contributed by atoms with Crippen LogP contribution in [-0.4, -0.2) is 19.3 Å². The number of ether oxygens (including phenoxy) is 2. The molecule has 6 aromatic carbocycles. The number of fused-ring (bicyclic) bond motifs is 14. The van der Waals surface area contributed by atoms with Crippen LogP contribution < -0.4 is 20.3 Å². The molecule has 0 fully saturated rings. The predicted molar refractivity (Wildman–Crippen MR) is 241 cm³/mol. The number of halogens is 6. The van der Waals surface area contributed by atoms with E-state index in [9.17, 15) is 46.5 Å². The Kier molecular flexibility index (Phi) is 11.1. The molecule has 0 saturated carbocycles. The van der Waals surface area contributed by atoms with Crippen LogP contribution in [-0.2, 0) is 0 Å². The van der Waals surface area contributed by atoms with E-state index in [0.717, 1.165) is 50.6 Å². The van der Waals surface area contributed by atoms with Crippen LogP contribution in [0.25, 0.3) is 89.7 Å². The Morgan fingerprint density at radius 2 is 1.04 bits per heavy atom. The number of hydrogen-bond donors (Lipinski definition) is 0. The second kappa shape index (κ2) is 16.7. The van der Waals surface area contributed by atoms with E-state index in [-0.39, 0.29) is 39.8 Å². The zero-order valence-electron chi connectivity index (χ0n) is 34.0. The summed E-state index contributed by atoms with van der Waals surface area (Å²) in [4.78, 5) is 36.1. The van der Waals surface area contributed by atoms with Crippen molar-refractivity contribution in [3.8, 4) is 52.0 Å². The summed E-state index contributed by atoms with van der Waals surface area (Å²) in [6, 6.07) is 24.3. The highest BCUT2D eigenvalue weighted by Gasteiger charge is 2.40. The molecule has 0 unspecified atom stereocenters. The van der Waals surface area contributed by atoms with Gasteiger partial charge in [0.2, 0.25) is 10.9 Å². The zero-order chi connectivity index (χ0) is 48.3. The molecule has 0 spiro atoms. The van der Waals surface area contributed by atoms with E-state index in [1.54, 1.807) is 6.07 Å². The van der Waals surface area contributed by atoms with Crippen molar-refractivity contribution in [3.63, 3.8) is 0 Å². The van der Waals surface area contributed by atoms with Gasteiger partial charge in [-0.15, -0.1) is 49.0 Å². The molecule has 0 saturated heterocycles.